The molecule has 0 saturated carbocycles. The van der Waals surface area contributed by atoms with Gasteiger partial charge in [-0.25, -0.2) is 9.97 Å². The van der Waals surface area contributed by atoms with Crippen molar-refractivity contribution in [3.05, 3.63) is 72.1 Å². The quantitative estimate of drug-likeness (QED) is 0.545. The van der Waals surface area contributed by atoms with Gasteiger partial charge in [0.2, 0.25) is 0 Å². The standard InChI is InChI=1S/C18H14ClN5/c19-14-6-1-2-7-15(14)23-17-18-22-11-16(24(18)9-8-21-17)12-4-3-5-13(20)10-12/h1-11H,20H2,(H,21,23). The molecule has 0 saturated heterocycles. The second-order valence-electron chi connectivity index (χ2n) is 5.34. The van der Waals surface area contributed by atoms with Gasteiger partial charge in [-0.3, -0.25) is 4.40 Å². The second kappa shape index (κ2) is 5.86. The first-order valence-corrected chi connectivity index (χ1v) is 7.80. The molecule has 3 N–H and O–H groups in total. The van der Waals surface area contributed by atoms with Gasteiger partial charge in [0.15, 0.2) is 11.5 Å². The lowest BCUT2D eigenvalue weighted by atomic mass is 10.1. The highest BCUT2D eigenvalue weighted by molar-refractivity contribution is 6.33. The number of hydrogen-bond donors (Lipinski definition) is 2. The van der Waals surface area contributed by atoms with E-state index in [-0.39, 0.29) is 0 Å². The van der Waals surface area contributed by atoms with Gasteiger partial charge in [-0.2, -0.15) is 0 Å². The molecule has 4 rings (SSSR count). The van der Waals surface area contributed by atoms with Gasteiger partial charge < -0.3 is 11.1 Å². The Morgan fingerprint density at radius 2 is 1.92 bits per heavy atom. The fourth-order valence-electron chi connectivity index (χ4n) is 2.61. The average Bonchev–Trinajstić information content (AvgIpc) is 3.02. The van der Waals surface area contributed by atoms with Crippen LogP contribution >= 0.6 is 11.6 Å². The van der Waals surface area contributed by atoms with Gasteiger partial charge in [0.25, 0.3) is 0 Å². The molecule has 24 heavy (non-hydrogen) atoms. The topological polar surface area (TPSA) is 68.2 Å². The first kappa shape index (κ1) is 14.5. The van der Waals surface area contributed by atoms with E-state index in [0.29, 0.717) is 16.5 Å². The third kappa shape index (κ3) is 2.55. The lowest BCUT2D eigenvalue weighted by Gasteiger charge is -2.09. The minimum Gasteiger partial charge on any atom is -0.399 e. The van der Waals surface area contributed by atoms with Crippen molar-refractivity contribution in [1.29, 1.82) is 0 Å². The predicted octanol–water partition coefficient (Wildman–Crippen LogP) is 4.38. The molecule has 6 heteroatoms. The molecule has 0 aliphatic carbocycles. The van der Waals surface area contributed by atoms with E-state index in [1.165, 1.54) is 0 Å². The molecule has 2 aromatic carbocycles. The van der Waals surface area contributed by atoms with Crippen LogP contribution in [0, 0.1) is 0 Å². The number of nitrogens with two attached hydrogens (primary N) is 1. The summed E-state index contributed by atoms with van der Waals surface area (Å²) in [4.78, 5) is 8.89. The molecule has 118 valence electrons. The molecule has 0 aliphatic heterocycles. The number of anilines is 3. The molecule has 0 atom stereocenters. The maximum absolute atomic E-state index is 6.21. The third-order valence-electron chi connectivity index (χ3n) is 3.74. The molecule has 0 bridgehead atoms. The largest absolute Gasteiger partial charge is 0.399 e. The number of nitrogens with zero attached hydrogens (tertiary/aromatic N) is 3. The number of fused-ring (bicyclic) bond motifs is 1. The summed E-state index contributed by atoms with van der Waals surface area (Å²) in [6, 6.07) is 15.2. The minimum atomic E-state index is 0.629. The smallest absolute Gasteiger partial charge is 0.180 e. The fraction of sp³-hybridized carbons (Fsp3) is 0. The Bertz CT molecular complexity index is 1020. The number of halogens is 1. The summed E-state index contributed by atoms with van der Waals surface area (Å²) < 4.78 is 1.97. The van der Waals surface area contributed by atoms with E-state index in [9.17, 15) is 0 Å². The van der Waals surface area contributed by atoms with E-state index in [4.69, 9.17) is 17.3 Å². The molecule has 0 fully saturated rings. The minimum absolute atomic E-state index is 0.629. The summed E-state index contributed by atoms with van der Waals surface area (Å²) in [7, 11) is 0. The summed E-state index contributed by atoms with van der Waals surface area (Å²) in [5.74, 6) is 0.640. The molecule has 0 aliphatic rings. The van der Waals surface area contributed by atoms with Crippen LogP contribution < -0.4 is 11.1 Å². The van der Waals surface area contributed by atoms with Gasteiger partial charge in [0.05, 0.1) is 22.6 Å². The van der Waals surface area contributed by atoms with Crippen molar-refractivity contribution in [1.82, 2.24) is 14.4 Å². The van der Waals surface area contributed by atoms with E-state index in [0.717, 1.165) is 22.6 Å². The second-order valence-corrected chi connectivity index (χ2v) is 5.75. The van der Waals surface area contributed by atoms with Gasteiger partial charge in [-0.15, -0.1) is 0 Å². The Labute approximate surface area is 143 Å². The van der Waals surface area contributed by atoms with Crippen molar-refractivity contribution < 1.29 is 0 Å². The maximum atomic E-state index is 6.21. The van der Waals surface area contributed by atoms with Gasteiger partial charge in [-0.05, 0) is 24.3 Å². The van der Waals surface area contributed by atoms with Crippen LogP contribution in [0.3, 0.4) is 0 Å². The number of benzene rings is 2. The average molecular weight is 336 g/mol. The van der Waals surface area contributed by atoms with Crippen LogP contribution in [-0.4, -0.2) is 14.4 Å². The van der Waals surface area contributed by atoms with E-state index in [1.807, 2.05) is 65.3 Å². The van der Waals surface area contributed by atoms with Crippen LogP contribution in [-0.2, 0) is 0 Å². The van der Waals surface area contributed by atoms with Gasteiger partial charge in [-0.1, -0.05) is 35.9 Å². The van der Waals surface area contributed by atoms with E-state index < -0.39 is 0 Å². The molecule has 2 aromatic heterocycles. The van der Waals surface area contributed by atoms with Crippen LogP contribution in [0.2, 0.25) is 5.02 Å². The van der Waals surface area contributed by atoms with Crippen molar-refractivity contribution in [2.24, 2.45) is 0 Å². The highest BCUT2D eigenvalue weighted by atomic mass is 35.5. The SMILES string of the molecule is Nc1cccc(-c2cnc3c(Nc4ccccc4Cl)nccn23)c1. The lowest BCUT2D eigenvalue weighted by Crippen LogP contribution is -1.99. The number of nitrogens with one attached hydrogen (secondary N) is 1. The van der Waals surface area contributed by atoms with E-state index in [1.54, 1.807) is 6.20 Å². The highest BCUT2D eigenvalue weighted by Gasteiger charge is 2.11. The van der Waals surface area contributed by atoms with Crippen LogP contribution in [0.4, 0.5) is 17.2 Å². The zero-order chi connectivity index (χ0) is 16.5. The molecule has 0 amide bonds. The molecule has 0 spiro atoms. The Morgan fingerprint density at radius 1 is 1.04 bits per heavy atom. The van der Waals surface area contributed by atoms with Crippen molar-refractivity contribution in [2.75, 3.05) is 11.1 Å². The predicted molar refractivity (Wildman–Crippen MR) is 97.6 cm³/mol. The van der Waals surface area contributed by atoms with Crippen LogP contribution in [0.25, 0.3) is 16.9 Å². The van der Waals surface area contributed by atoms with Crippen molar-refractivity contribution in [3.63, 3.8) is 0 Å². The monoisotopic (exact) mass is 335 g/mol. The first-order chi connectivity index (χ1) is 11.7. The molecule has 0 radical (unpaired) electrons. The fourth-order valence-corrected chi connectivity index (χ4v) is 2.79. The molecule has 0 unspecified atom stereocenters. The van der Waals surface area contributed by atoms with Gasteiger partial charge in [0, 0.05) is 23.6 Å². The first-order valence-electron chi connectivity index (χ1n) is 7.42. The van der Waals surface area contributed by atoms with E-state index in [2.05, 4.69) is 15.3 Å². The number of para-hydroxylation sites is 1. The number of rotatable bonds is 3. The third-order valence-corrected chi connectivity index (χ3v) is 4.07. The summed E-state index contributed by atoms with van der Waals surface area (Å²) in [6.45, 7) is 0. The highest BCUT2D eigenvalue weighted by Crippen LogP contribution is 2.28. The van der Waals surface area contributed by atoms with Crippen molar-refractivity contribution >= 4 is 34.4 Å². The van der Waals surface area contributed by atoms with Gasteiger partial charge >= 0.3 is 0 Å². The normalized spacial score (nSPS) is 10.9. The maximum Gasteiger partial charge on any atom is 0.180 e. The lowest BCUT2D eigenvalue weighted by molar-refractivity contribution is 1.13. The molecular weight excluding hydrogens is 322 g/mol. The molecule has 2 heterocycles. The van der Waals surface area contributed by atoms with Crippen LogP contribution in [0.5, 0.6) is 0 Å². The molecular formula is C18H14ClN5. The van der Waals surface area contributed by atoms with E-state index >= 15 is 0 Å². The molecule has 4 aromatic rings. The number of hydrogen-bond acceptors (Lipinski definition) is 4. The summed E-state index contributed by atoms with van der Waals surface area (Å²) in [5, 5.41) is 3.87. The van der Waals surface area contributed by atoms with Crippen molar-refractivity contribution in [2.45, 2.75) is 0 Å². The zero-order valence-electron chi connectivity index (χ0n) is 12.6. The zero-order valence-corrected chi connectivity index (χ0v) is 13.4. The summed E-state index contributed by atoms with van der Waals surface area (Å²) in [6.07, 6.45) is 5.41. The van der Waals surface area contributed by atoms with Crippen LogP contribution in [0.15, 0.2) is 67.1 Å². The van der Waals surface area contributed by atoms with Crippen LogP contribution in [0.1, 0.15) is 0 Å². The Kier molecular flexibility index (Phi) is 3.55. The molecule has 5 nitrogen and oxygen atoms in total. The number of nitrogen functional groups attached to an aromatic ring is 1. The van der Waals surface area contributed by atoms with Gasteiger partial charge in [0.1, 0.15) is 0 Å². The Morgan fingerprint density at radius 3 is 2.75 bits per heavy atom. The summed E-state index contributed by atoms with van der Waals surface area (Å²) >= 11 is 6.21. The number of aromatic nitrogens is 3. The number of imidazole rings is 1. The summed E-state index contributed by atoms with van der Waals surface area (Å²) in [5.41, 5.74) is 10.0. The Hall–Kier alpha value is -3.05. The van der Waals surface area contributed by atoms with Crippen molar-refractivity contribution in [3.8, 4) is 11.3 Å². The Balaban J connectivity index is 1.81.